The van der Waals surface area contributed by atoms with Crippen molar-refractivity contribution in [2.24, 2.45) is 0 Å². The Morgan fingerprint density at radius 3 is 2.67 bits per heavy atom. The molecule has 1 aliphatic carbocycles. The van der Waals surface area contributed by atoms with Crippen LogP contribution in [0.5, 0.6) is 0 Å². The first kappa shape index (κ1) is 14.3. The van der Waals surface area contributed by atoms with Crippen LogP contribution in [0.4, 0.5) is 0 Å². The van der Waals surface area contributed by atoms with Crippen LogP contribution in [-0.4, -0.2) is 25.3 Å². The third kappa shape index (κ3) is 2.87. The lowest BCUT2D eigenvalue weighted by molar-refractivity contribution is 0.373. The van der Waals surface area contributed by atoms with E-state index in [2.05, 4.69) is 12.2 Å². The SMILES string of the molecule is Cc1ccc(S(=O)(=O)N2CCC=C3C=CC=CC2C3)cc1. The van der Waals surface area contributed by atoms with Crippen LogP contribution in [-0.2, 0) is 10.0 Å². The van der Waals surface area contributed by atoms with Crippen LogP contribution in [0.1, 0.15) is 18.4 Å². The van der Waals surface area contributed by atoms with E-state index >= 15 is 0 Å². The van der Waals surface area contributed by atoms with E-state index in [4.69, 9.17) is 0 Å². The van der Waals surface area contributed by atoms with Gasteiger partial charge >= 0.3 is 0 Å². The van der Waals surface area contributed by atoms with Crippen molar-refractivity contribution in [1.29, 1.82) is 0 Å². The molecule has 0 amide bonds. The largest absolute Gasteiger partial charge is 0.243 e. The second-order valence-corrected chi connectivity index (χ2v) is 7.40. The normalized spacial score (nSPS) is 22.5. The van der Waals surface area contributed by atoms with Crippen LogP contribution >= 0.6 is 0 Å². The van der Waals surface area contributed by atoms with E-state index in [1.54, 1.807) is 16.4 Å². The molecule has 21 heavy (non-hydrogen) atoms. The Labute approximate surface area is 126 Å². The van der Waals surface area contributed by atoms with Crippen molar-refractivity contribution in [2.75, 3.05) is 6.54 Å². The van der Waals surface area contributed by atoms with Crippen LogP contribution in [0.2, 0.25) is 0 Å². The molecule has 0 N–H and O–H groups in total. The molecule has 0 saturated carbocycles. The summed E-state index contributed by atoms with van der Waals surface area (Å²) in [7, 11) is -3.45. The van der Waals surface area contributed by atoms with E-state index < -0.39 is 10.0 Å². The molecule has 1 aromatic rings. The number of nitrogens with zero attached hydrogens (tertiary/aromatic N) is 1. The molecule has 3 rings (SSSR count). The second-order valence-electron chi connectivity index (χ2n) is 5.51. The van der Waals surface area contributed by atoms with Gasteiger partial charge in [-0.2, -0.15) is 4.31 Å². The van der Waals surface area contributed by atoms with Crippen molar-refractivity contribution in [1.82, 2.24) is 4.31 Å². The van der Waals surface area contributed by atoms with Gasteiger partial charge in [-0.05, 0) is 31.9 Å². The highest BCUT2D eigenvalue weighted by molar-refractivity contribution is 7.89. The van der Waals surface area contributed by atoms with Crippen LogP contribution in [0.25, 0.3) is 0 Å². The molecule has 1 unspecified atom stereocenters. The second kappa shape index (κ2) is 5.62. The van der Waals surface area contributed by atoms with Gasteiger partial charge in [0, 0.05) is 12.6 Å². The summed E-state index contributed by atoms with van der Waals surface area (Å²) >= 11 is 0. The van der Waals surface area contributed by atoms with Crippen LogP contribution in [0, 0.1) is 6.92 Å². The molecule has 1 atom stereocenters. The lowest BCUT2D eigenvalue weighted by atomic mass is 10.1. The number of aryl methyl sites for hydroxylation is 1. The minimum atomic E-state index is -3.45. The molecule has 0 spiro atoms. The van der Waals surface area contributed by atoms with Crippen LogP contribution in [0.15, 0.2) is 65.1 Å². The fourth-order valence-electron chi connectivity index (χ4n) is 2.79. The van der Waals surface area contributed by atoms with E-state index in [0.29, 0.717) is 11.4 Å². The fourth-order valence-corrected chi connectivity index (χ4v) is 4.38. The summed E-state index contributed by atoms with van der Waals surface area (Å²) in [6.45, 7) is 2.49. The maximum absolute atomic E-state index is 12.9. The lowest BCUT2D eigenvalue weighted by Gasteiger charge is -2.27. The van der Waals surface area contributed by atoms with Crippen LogP contribution in [0.3, 0.4) is 0 Å². The van der Waals surface area contributed by atoms with Gasteiger partial charge in [-0.15, -0.1) is 0 Å². The minimum Gasteiger partial charge on any atom is -0.207 e. The number of benzene rings is 1. The van der Waals surface area contributed by atoms with Crippen molar-refractivity contribution < 1.29 is 8.42 Å². The maximum Gasteiger partial charge on any atom is 0.243 e. The van der Waals surface area contributed by atoms with E-state index in [-0.39, 0.29) is 6.04 Å². The Morgan fingerprint density at radius 1 is 1.14 bits per heavy atom. The highest BCUT2D eigenvalue weighted by Gasteiger charge is 2.31. The first-order valence-electron chi connectivity index (χ1n) is 7.20. The van der Waals surface area contributed by atoms with E-state index in [0.717, 1.165) is 18.4 Å². The van der Waals surface area contributed by atoms with Gasteiger partial charge in [0.2, 0.25) is 10.0 Å². The molecule has 3 nitrogen and oxygen atoms in total. The number of hydrogen-bond donors (Lipinski definition) is 0. The smallest absolute Gasteiger partial charge is 0.207 e. The van der Waals surface area contributed by atoms with Crippen molar-refractivity contribution >= 4 is 10.0 Å². The topological polar surface area (TPSA) is 37.4 Å². The monoisotopic (exact) mass is 301 g/mol. The van der Waals surface area contributed by atoms with Crippen molar-refractivity contribution in [3.8, 4) is 0 Å². The van der Waals surface area contributed by atoms with E-state index in [1.165, 1.54) is 5.57 Å². The van der Waals surface area contributed by atoms with Crippen molar-refractivity contribution in [2.45, 2.75) is 30.7 Å². The Kier molecular flexibility index (Phi) is 3.83. The van der Waals surface area contributed by atoms with Crippen LogP contribution < -0.4 is 0 Å². The molecule has 110 valence electrons. The zero-order valence-corrected chi connectivity index (χ0v) is 12.9. The Balaban J connectivity index is 1.97. The molecule has 1 aromatic carbocycles. The molecule has 0 aromatic heterocycles. The minimum absolute atomic E-state index is 0.0972. The third-order valence-electron chi connectivity index (χ3n) is 3.95. The van der Waals surface area contributed by atoms with Gasteiger partial charge in [0.1, 0.15) is 0 Å². The van der Waals surface area contributed by atoms with Gasteiger partial charge in [0.25, 0.3) is 0 Å². The standard InChI is InChI=1S/C17H19NO2S/c1-14-8-10-17(11-9-14)21(19,20)18-12-4-6-15-5-2-3-7-16(18)13-15/h2-3,5-11,16H,4,12-13H2,1H3. The average molecular weight is 301 g/mol. The summed E-state index contributed by atoms with van der Waals surface area (Å²) in [5, 5.41) is 0. The summed E-state index contributed by atoms with van der Waals surface area (Å²) in [6, 6.07) is 6.99. The highest BCUT2D eigenvalue weighted by Crippen LogP contribution is 2.27. The molecule has 2 bridgehead atoms. The summed E-state index contributed by atoms with van der Waals surface area (Å²) in [4.78, 5) is 0.377. The van der Waals surface area contributed by atoms with Crippen molar-refractivity contribution in [3.63, 3.8) is 0 Å². The molecule has 1 heterocycles. The number of allylic oxidation sites excluding steroid dienone is 3. The first-order chi connectivity index (χ1) is 10.1. The Bertz CT molecular complexity index is 712. The fraction of sp³-hybridized carbons (Fsp3) is 0.294. The van der Waals surface area contributed by atoms with Gasteiger partial charge in [-0.1, -0.05) is 53.6 Å². The Morgan fingerprint density at radius 2 is 1.90 bits per heavy atom. The van der Waals surface area contributed by atoms with Gasteiger partial charge in [-0.3, -0.25) is 0 Å². The molecule has 0 saturated heterocycles. The zero-order valence-electron chi connectivity index (χ0n) is 12.1. The quantitative estimate of drug-likeness (QED) is 0.841. The highest BCUT2D eigenvalue weighted by atomic mass is 32.2. The van der Waals surface area contributed by atoms with Gasteiger partial charge in [-0.25, -0.2) is 8.42 Å². The lowest BCUT2D eigenvalue weighted by Crippen LogP contribution is -2.39. The summed E-state index contributed by atoms with van der Waals surface area (Å²) in [6.07, 6.45) is 11.6. The van der Waals surface area contributed by atoms with E-state index in [1.807, 2.05) is 37.3 Å². The molecule has 0 fully saturated rings. The summed E-state index contributed by atoms with van der Waals surface area (Å²) in [5.41, 5.74) is 2.28. The molecule has 2 aliphatic rings. The predicted octanol–water partition coefficient (Wildman–Crippen LogP) is 3.20. The summed E-state index contributed by atoms with van der Waals surface area (Å²) < 4.78 is 27.5. The number of fused-ring (bicyclic) bond motifs is 2. The van der Waals surface area contributed by atoms with E-state index in [9.17, 15) is 8.42 Å². The summed E-state index contributed by atoms with van der Waals surface area (Å²) in [5.74, 6) is 0. The molecule has 0 radical (unpaired) electrons. The van der Waals surface area contributed by atoms with Gasteiger partial charge < -0.3 is 0 Å². The van der Waals surface area contributed by atoms with Gasteiger partial charge in [0.05, 0.1) is 4.90 Å². The molecule has 1 aliphatic heterocycles. The first-order valence-corrected chi connectivity index (χ1v) is 8.64. The third-order valence-corrected chi connectivity index (χ3v) is 5.89. The molecular weight excluding hydrogens is 282 g/mol. The predicted molar refractivity (Wildman–Crippen MR) is 84.5 cm³/mol. The maximum atomic E-state index is 12.9. The van der Waals surface area contributed by atoms with Crippen molar-refractivity contribution in [3.05, 3.63) is 65.8 Å². The molecular formula is C17H19NO2S. The zero-order chi connectivity index (χ0) is 14.9. The molecule has 4 heteroatoms. The number of rotatable bonds is 2. The van der Waals surface area contributed by atoms with Gasteiger partial charge in [0.15, 0.2) is 0 Å². The number of sulfonamides is 1. The average Bonchev–Trinajstić information content (AvgIpc) is 2.81. The Hall–Kier alpha value is -1.65. The number of hydrogen-bond acceptors (Lipinski definition) is 2.